The van der Waals surface area contributed by atoms with Gasteiger partial charge in [0.15, 0.2) is 0 Å². The fraction of sp³-hybridized carbons (Fsp3) is 0.278. The van der Waals surface area contributed by atoms with Crippen molar-refractivity contribution >= 4 is 17.5 Å². The molecule has 0 bridgehead atoms. The maximum absolute atomic E-state index is 12.0. The van der Waals surface area contributed by atoms with Crippen LogP contribution in [0.3, 0.4) is 0 Å². The van der Waals surface area contributed by atoms with Crippen LogP contribution in [-0.2, 0) is 0 Å². The third kappa shape index (κ3) is 5.72. The average Bonchev–Trinajstić information content (AvgIpc) is 2.50. The van der Waals surface area contributed by atoms with Gasteiger partial charge >= 0.3 is 0 Å². The minimum atomic E-state index is -0.180. The number of aromatic nitrogens is 2. The van der Waals surface area contributed by atoms with Gasteiger partial charge in [0, 0.05) is 30.1 Å². The van der Waals surface area contributed by atoms with Gasteiger partial charge in [-0.25, -0.2) is 9.97 Å². The summed E-state index contributed by atoms with van der Waals surface area (Å²) in [7, 11) is 0. The Balaban J connectivity index is 2.04. The summed E-state index contributed by atoms with van der Waals surface area (Å²) in [5.74, 6) is 5.78. The smallest absolute Gasteiger partial charge is 0.269 e. The number of amides is 1. The highest BCUT2D eigenvalue weighted by molar-refractivity contribution is 6.29. The van der Waals surface area contributed by atoms with E-state index in [1.807, 2.05) is 0 Å². The molecule has 0 radical (unpaired) electrons. The van der Waals surface area contributed by atoms with Crippen LogP contribution in [0.1, 0.15) is 42.4 Å². The molecule has 1 amide bonds. The predicted molar refractivity (Wildman–Crippen MR) is 91.3 cm³/mol. The van der Waals surface area contributed by atoms with Gasteiger partial charge in [-0.2, -0.15) is 0 Å². The molecule has 2 aromatic heterocycles. The van der Waals surface area contributed by atoms with E-state index in [0.29, 0.717) is 17.4 Å². The highest BCUT2D eigenvalue weighted by Gasteiger charge is 2.13. The first-order valence-corrected chi connectivity index (χ1v) is 7.59. The molecule has 1 N–H and O–H groups in total. The van der Waals surface area contributed by atoms with Crippen LogP contribution in [-0.4, -0.2) is 22.4 Å². The Morgan fingerprint density at radius 1 is 1.17 bits per heavy atom. The van der Waals surface area contributed by atoms with Crippen molar-refractivity contribution < 1.29 is 4.79 Å². The van der Waals surface area contributed by atoms with Crippen LogP contribution in [0, 0.1) is 17.3 Å². The topological polar surface area (TPSA) is 54.9 Å². The zero-order valence-electron chi connectivity index (χ0n) is 13.4. The Labute approximate surface area is 141 Å². The largest absolute Gasteiger partial charge is 0.350 e. The van der Waals surface area contributed by atoms with Gasteiger partial charge in [0.25, 0.3) is 5.91 Å². The summed E-state index contributed by atoms with van der Waals surface area (Å²) in [6.07, 6.45) is 3.19. The average molecular weight is 328 g/mol. The lowest BCUT2D eigenvalue weighted by Crippen LogP contribution is -2.32. The Kier molecular flexibility index (Phi) is 5.36. The second-order valence-corrected chi connectivity index (χ2v) is 6.68. The monoisotopic (exact) mass is 327 g/mol. The van der Waals surface area contributed by atoms with Gasteiger partial charge in [-0.3, -0.25) is 4.79 Å². The lowest BCUT2D eigenvalue weighted by atomic mass is 9.97. The molecule has 0 aromatic carbocycles. The predicted octanol–water partition coefficient (Wildman–Crippen LogP) is 3.31. The van der Waals surface area contributed by atoms with Gasteiger partial charge in [-0.1, -0.05) is 44.2 Å². The second kappa shape index (κ2) is 7.26. The Bertz CT molecular complexity index is 752. The highest BCUT2D eigenvalue weighted by Crippen LogP contribution is 2.11. The van der Waals surface area contributed by atoms with Crippen LogP contribution in [0.2, 0.25) is 5.15 Å². The molecule has 5 heteroatoms. The third-order valence-electron chi connectivity index (χ3n) is 2.85. The van der Waals surface area contributed by atoms with Gasteiger partial charge in [0.1, 0.15) is 10.8 Å². The lowest BCUT2D eigenvalue weighted by molar-refractivity contribution is 0.0934. The maximum atomic E-state index is 12.0. The first-order chi connectivity index (χ1) is 10.8. The number of hydrogen-bond donors (Lipinski definition) is 1. The maximum Gasteiger partial charge on any atom is 0.269 e. The number of halogens is 1. The van der Waals surface area contributed by atoms with Crippen LogP contribution in [0.15, 0.2) is 36.7 Å². The van der Waals surface area contributed by atoms with Crippen molar-refractivity contribution in [3.63, 3.8) is 0 Å². The molecule has 2 rings (SSSR count). The van der Waals surface area contributed by atoms with Crippen LogP contribution < -0.4 is 5.32 Å². The molecule has 0 spiro atoms. The van der Waals surface area contributed by atoms with E-state index in [1.165, 1.54) is 0 Å². The first kappa shape index (κ1) is 17.0. The molecule has 2 heterocycles. The van der Waals surface area contributed by atoms with Gasteiger partial charge in [-0.15, -0.1) is 0 Å². The van der Waals surface area contributed by atoms with Gasteiger partial charge in [0.2, 0.25) is 0 Å². The number of nitrogens with one attached hydrogen (secondary N) is 1. The molecule has 0 saturated carbocycles. The van der Waals surface area contributed by atoms with Gasteiger partial charge < -0.3 is 5.32 Å². The number of hydrogen-bond acceptors (Lipinski definition) is 3. The molecule has 4 nitrogen and oxygen atoms in total. The van der Waals surface area contributed by atoms with Crippen molar-refractivity contribution in [3.8, 4) is 11.8 Å². The molecule has 0 saturated heterocycles. The van der Waals surface area contributed by atoms with E-state index < -0.39 is 0 Å². The summed E-state index contributed by atoms with van der Waals surface area (Å²) in [6, 6.07) is 6.91. The fourth-order valence-corrected chi connectivity index (χ4v) is 1.84. The van der Waals surface area contributed by atoms with E-state index in [1.54, 1.807) is 36.7 Å². The standard InChI is InChI=1S/C18H18ClN3O/c1-18(2,3)12-22-17(23)15-7-6-14(11-21-15)5-4-13-8-9-20-16(19)10-13/h6-11H,12H2,1-3H3,(H,22,23). The van der Waals surface area contributed by atoms with E-state index in [4.69, 9.17) is 11.6 Å². The van der Waals surface area contributed by atoms with Gasteiger partial charge in [0.05, 0.1) is 0 Å². The number of carbonyl (C=O) groups is 1. The van der Waals surface area contributed by atoms with Gasteiger partial charge in [-0.05, 0) is 29.7 Å². The van der Waals surface area contributed by atoms with Crippen LogP contribution in [0.25, 0.3) is 0 Å². The first-order valence-electron chi connectivity index (χ1n) is 7.21. The summed E-state index contributed by atoms with van der Waals surface area (Å²) in [5, 5.41) is 3.27. The van der Waals surface area contributed by atoms with Crippen molar-refractivity contribution in [2.45, 2.75) is 20.8 Å². The summed E-state index contributed by atoms with van der Waals surface area (Å²) >= 11 is 5.81. The third-order valence-corrected chi connectivity index (χ3v) is 3.06. The Morgan fingerprint density at radius 3 is 2.52 bits per heavy atom. The summed E-state index contributed by atoms with van der Waals surface area (Å²) < 4.78 is 0. The zero-order chi connectivity index (χ0) is 16.9. The molecule has 0 atom stereocenters. The molecule has 0 fully saturated rings. The van der Waals surface area contributed by atoms with E-state index in [0.717, 1.165) is 11.1 Å². The fourth-order valence-electron chi connectivity index (χ4n) is 1.66. The molecule has 2 aromatic rings. The van der Waals surface area contributed by atoms with E-state index in [9.17, 15) is 4.79 Å². The van der Waals surface area contributed by atoms with E-state index >= 15 is 0 Å². The van der Waals surface area contributed by atoms with E-state index in [-0.39, 0.29) is 11.3 Å². The molecule has 0 aliphatic carbocycles. The number of pyridine rings is 2. The van der Waals surface area contributed by atoms with Crippen molar-refractivity contribution in [3.05, 3.63) is 58.6 Å². The molecule has 23 heavy (non-hydrogen) atoms. The molecule has 0 unspecified atom stereocenters. The van der Waals surface area contributed by atoms with Crippen molar-refractivity contribution in [1.82, 2.24) is 15.3 Å². The summed E-state index contributed by atoms with van der Waals surface area (Å²) in [6.45, 7) is 6.78. The van der Waals surface area contributed by atoms with Crippen molar-refractivity contribution in [1.29, 1.82) is 0 Å². The van der Waals surface area contributed by atoms with Crippen LogP contribution in [0.4, 0.5) is 0 Å². The normalized spacial score (nSPS) is 10.6. The number of carbonyl (C=O) groups excluding carboxylic acids is 1. The van der Waals surface area contributed by atoms with Crippen LogP contribution in [0.5, 0.6) is 0 Å². The van der Waals surface area contributed by atoms with Crippen molar-refractivity contribution in [2.75, 3.05) is 6.54 Å². The second-order valence-electron chi connectivity index (χ2n) is 6.29. The molecule has 0 aliphatic heterocycles. The van der Waals surface area contributed by atoms with E-state index in [2.05, 4.69) is 47.9 Å². The minimum Gasteiger partial charge on any atom is -0.350 e. The Hall–Kier alpha value is -2.38. The molecule has 118 valence electrons. The van der Waals surface area contributed by atoms with Crippen LogP contribution >= 0.6 is 11.6 Å². The molecular weight excluding hydrogens is 310 g/mol. The molecule has 0 aliphatic rings. The number of nitrogens with zero attached hydrogens (tertiary/aromatic N) is 2. The zero-order valence-corrected chi connectivity index (χ0v) is 14.1. The SMILES string of the molecule is CC(C)(C)CNC(=O)c1ccc(C#Cc2ccnc(Cl)c2)cn1. The number of rotatable bonds is 2. The van der Waals surface area contributed by atoms with Crippen molar-refractivity contribution in [2.24, 2.45) is 5.41 Å². The summed E-state index contributed by atoms with van der Waals surface area (Å²) in [4.78, 5) is 20.0. The highest BCUT2D eigenvalue weighted by atomic mass is 35.5. The Morgan fingerprint density at radius 2 is 1.91 bits per heavy atom. The molecular formula is C18H18ClN3O. The summed E-state index contributed by atoms with van der Waals surface area (Å²) in [5.41, 5.74) is 1.92. The lowest BCUT2D eigenvalue weighted by Gasteiger charge is -2.18. The minimum absolute atomic E-state index is 0.0346. The quantitative estimate of drug-likeness (QED) is 0.680.